The second-order valence-electron chi connectivity index (χ2n) is 4.26. The Morgan fingerprint density at radius 1 is 0.750 bits per heavy atom. The van der Waals surface area contributed by atoms with Crippen LogP contribution in [0.1, 0.15) is 20.7 Å². The Balaban J connectivity index is 2.04. The number of carbonyl (C=O) groups excluding carboxylic acids is 2. The Morgan fingerprint density at radius 3 is 1.70 bits per heavy atom. The highest BCUT2D eigenvalue weighted by molar-refractivity contribution is 7.72. The Bertz CT molecular complexity index is 750. The van der Waals surface area contributed by atoms with Crippen LogP contribution in [0.15, 0.2) is 53.4 Å². The molecule has 0 radical (unpaired) electrons. The summed E-state index contributed by atoms with van der Waals surface area (Å²) in [6.07, 6.45) is 0. The number of imide groups is 1. The van der Waals surface area contributed by atoms with Crippen molar-refractivity contribution in [3.05, 3.63) is 59.7 Å². The second-order valence-corrected chi connectivity index (χ2v) is 5.30. The highest BCUT2D eigenvalue weighted by Crippen LogP contribution is 2.28. The van der Waals surface area contributed by atoms with Gasteiger partial charge in [-0.3, -0.25) is 9.59 Å². The maximum absolute atomic E-state index is 12.2. The minimum Gasteiger partial charge on any atom is -0.268 e. The molecule has 0 bridgehead atoms. The van der Waals surface area contributed by atoms with Gasteiger partial charge in [-0.15, -0.1) is 0 Å². The first-order valence-electron chi connectivity index (χ1n) is 5.82. The van der Waals surface area contributed by atoms with Crippen molar-refractivity contribution in [2.75, 3.05) is 4.90 Å². The van der Waals surface area contributed by atoms with Crippen molar-refractivity contribution in [3.8, 4) is 0 Å². The monoisotopic (exact) mass is 287 g/mol. The van der Waals surface area contributed by atoms with Gasteiger partial charge in [-0.1, -0.05) is 12.1 Å². The van der Waals surface area contributed by atoms with Gasteiger partial charge in [0.2, 0.25) is 0 Å². The summed E-state index contributed by atoms with van der Waals surface area (Å²) in [4.78, 5) is 25.6. The van der Waals surface area contributed by atoms with Crippen LogP contribution in [-0.4, -0.2) is 20.2 Å². The minimum absolute atomic E-state index is 0.139. The van der Waals surface area contributed by atoms with Crippen molar-refractivity contribution < 1.29 is 18.0 Å². The summed E-state index contributed by atoms with van der Waals surface area (Å²) >= 11 is 0. The van der Waals surface area contributed by atoms with Gasteiger partial charge < -0.3 is 0 Å². The molecule has 3 rings (SSSR count). The molecule has 0 saturated carbocycles. The predicted octanol–water partition coefficient (Wildman–Crippen LogP) is 1.46. The molecule has 100 valence electrons. The standard InChI is InChI=1S/C14H9NO4S/c16-13-11-3-1-2-4-12(11)14(17)15(13)9-5-7-10(8-6-9)20(18)19/h1-8,20H. The van der Waals surface area contributed by atoms with Crippen LogP contribution in [0.25, 0.3) is 0 Å². The third-order valence-corrected chi connectivity index (χ3v) is 3.83. The van der Waals surface area contributed by atoms with Gasteiger partial charge >= 0.3 is 0 Å². The Morgan fingerprint density at radius 2 is 1.25 bits per heavy atom. The molecule has 1 heterocycles. The Labute approximate surface area is 116 Å². The first-order chi connectivity index (χ1) is 9.59. The largest absolute Gasteiger partial charge is 0.268 e. The third kappa shape index (κ3) is 1.81. The van der Waals surface area contributed by atoms with E-state index in [1.165, 1.54) is 24.3 Å². The van der Waals surface area contributed by atoms with Crippen molar-refractivity contribution in [2.45, 2.75) is 4.90 Å². The quantitative estimate of drug-likeness (QED) is 0.670. The lowest BCUT2D eigenvalue weighted by atomic mass is 10.1. The fourth-order valence-corrected chi connectivity index (χ4v) is 2.54. The summed E-state index contributed by atoms with van der Waals surface area (Å²) < 4.78 is 21.7. The molecular formula is C14H9NO4S. The highest BCUT2D eigenvalue weighted by atomic mass is 32.2. The molecule has 1 aliphatic rings. The van der Waals surface area contributed by atoms with E-state index in [2.05, 4.69) is 0 Å². The van der Waals surface area contributed by atoms with E-state index in [4.69, 9.17) is 0 Å². The smallest absolute Gasteiger partial charge is 0.266 e. The number of benzene rings is 2. The summed E-state index contributed by atoms with van der Waals surface area (Å²) in [5, 5.41) is 0. The molecule has 2 aromatic rings. The first-order valence-corrected chi connectivity index (χ1v) is 6.99. The van der Waals surface area contributed by atoms with Crippen LogP contribution in [0.5, 0.6) is 0 Å². The SMILES string of the molecule is O=C1c2ccccc2C(=O)N1c1ccc([SH](=O)=O)cc1. The van der Waals surface area contributed by atoms with Crippen LogP contribution in [0.2, 0.25) is 0 Å². The molecule has 2 amide bonds. The average molecular weight is 287 g/mol. The van der Waals surface area contributed by atoms with E-state index in [1.54, 1.807) is 24.3 Å². The van der Waals surface area contributed by atoms with E-state index in [0.29, 0.717) is 16.8 Å². The fourth-order valence-electron chi connectivity index (χ4n) is 2.15. The normalized spacial score (nSPS) is 13.9. The number of carbonyl (C=O) groups is 2. The van der Waals surface area contributed by atoms with Crippen LogP contribution in [0, 0.1) is 0 Å². The summed E-state index contributed by atoms with van der Waals surface area (Å²) in [6.45, 7) is 0. The van der Waals surface area contributed by atoms with Gasteiger partial charge in [0.1, 0.15) is 0 Å². The first kappa shape index (κ1) is 12.6. The van der Waals surface area contributed by atoms with Gasteiger partial charge in [0.15, 0.2) is 10.7 Å². The number of thiol groups is 1. The second kappa shape index (κ2) is 4.57. The molecule has 0 atom stereocenters. The third-order valence-electron chi connectivity index (χ3n) is 3.11. The molecule has 2 aromatic carbocycles. The molecule has 0 aromatic heterocycles. The maximum Gasteiger partial charge on any atom is 0.266 e. The topological polar surface area (TPSA) is 71.5 Å². The molecule has 6 heteroatoms. The van der Waals surface area contributed by atoms with Crippen molar-refractivity contribution in [3.63, 3.8) is 0 Å². The van der Waals surface area contributed by atoms with Crippen molar-refractivity contribution >= 4 is 28.2 Å². The lowest BCUT2D eigenvalue weighted by Gasteiger charge is -2.13. The average Bonchev–Trinajstić information content (AvgIpc) is 2.72. The molecule has 20 heavy (non-hydrogen) atoms. The van der Waals surface area contributed by atoms with Crippen LogP contribution < -0.4 is 4.90 Å². The van der Waals surface area contributed by atoms with E-state index in [1.807, 2.05) is 0 Å². The molecule has 0 aliphatic carbocycles. The van der Waals surface area contributed by atoms with Gasteiger partial charge in [-0.25, -0.2) is 13.3 Å². The minimum atomic E-state index is -2.68. The zero-order valence-electron chi connectivity index (χ0n) is 10.1. The molecule has 1 aliphatic heterocycles. The van der Waals surface area contributed by atoms with E-state index in [0.717, 1.165) is 4.90 Å². The number of amides is 2. The summed E-state index contributed by atoms with van der Waals surface area (Å²) in [7, 11) is -2.68. The number of nitrogens with zero attached hydrogens (tertiary/aromatic N) is 1. The predicted molar refractivity (Wildman–Crippen MR) is 72.6 cm³/mol. The lowest BCUT2D eigenvalue weighted by molar-refractivity contribution is 0.0926. The number of anilines is 1. The maximum atomic E-state index is 12.2. The van der Waals surface area contributed by atoms with Crippen molar-refractivity contribution in [1.29, 1.82) is 0 Å². The molecule has 0 N–H and O–H groups in total. The molecule has 5 nitrogen and oxygen atoms in total. The van der Waals surface area contributed by atoms with Crippen LogP contribution >= 0.6 is 0 Å². The van der Waals surface area contributed by atoms with Gasteiger partial charge in [-0.05, 0) is 36.4 Å². The molecule has 0 fully saturated rings. The van der Waals surface area contributed by atoms with Gasteiger partial charge in [0.25, 0.3) is 11.8 Å². The fraction of sp³-hybridized carbons (Fsp3) is 0. The Kier molecular flexibility index (Phi) is 2.87. The molecule has 0 unspecified atom stereocenters. The number of hydrogen-bond donors (Lipinski definition) is 1. The van der Waals surface area contributed by atoms with E-state index in [9.17, 15) is 18.0 Å². The molecule has 0 spiro atoms. The van der Waals surface area contributed by atoms with E-state index < -0.39 is 22.5 Å². The highest BCUT2D eigenvalue weighted by Gasteiger charge is 2.36. The molecule has 0 saturated heterocycles. The summed E-state index contributed by atoms with van der Waals surface area (Å²) in [5.41, 5.74) is 1.07. The number of fused-ring (bicyclic) bond motifs is 1. The molecular weight excluding hydrogens is 278 g/mol. The Hall–Kier alpha value is -2.47. The van der Waals surface area contributed by atoms with E-state index in [-0.39, 0.29) is 4.90 Å². The van der Waals surface area contributed by atoms with Gasteiger partial charge in [0, 0.05) is 0 Å². The summed E-state index contributed by atoms with van der Waals surface area (Å²) in [5.74, 6) is -0.797. The number of rotatable bonds is 2. The zero-order chi connectivity index (χ0) is 14.3. The van der Waals surface area contributed by atoms with Crippen LogP contribution in [0.4, 0.5) is 5.69 Å². The summed E-state index contributed by atoms with van der Waals surface area (Å²) in [6, 6.07) is 12.2. The van der Waals surface area contributed by atoms with Crippen molar-refractivity contribution in [1.82, 2.24) is 0 Å². The van der Waals surface area contributed by atoms with Crippen molar-refractivity contribution in [2.24, 2.45) is 0 Å². The van der Waals surface area contributed by atoms with Gasteiger partial charge in [0.05, 0.1) is 21.7 Å². The zero-order valence-corrected chi connectivity index (χ0v) is 11.0. The lowest BCUT2D eigenvalue weighted by Crippen LogP contribution is -2.29. The van der Waals surface area contributed by atoms with Crippen LogP contribution in [-0.2, 0) is 10.7 Å². The van der Waals surface area contributed by atoms with Gasteiger partial charge in [-0.2, -0.15) is 0 Å². The number of hydrogen-bond acceptors (Lipinski definition) is 4. The van der Waals surface area contributed by atoms with Crippen LogP contribution in [0.3, 0.4) is 0 Å². The van der Waals surface area contributed by atoms with E-state index >= 15 is 0 Å².